The Balaban J connectivity index is 1.77. The van der Waals surface area contributed by atoms with Gasteiger partial charge >= 0.3 is 0 Å². The Bertz CT molecular complexity index is 539. The van der Waals surface area contributed by atoms with Gasteiger partial charge in [0.2, 0.25) is 0 Å². The molecule has 1 fully saturated rings. The van der Waals surface area contributed by atoms with Crippen molar-refractivity contribution in [3.8, 4) is 0 Å². The van der Waals surface area contributed by atoms with Crippen molar-refractivity contribution in [1.82, 2.24) is 4.90 Å². The summed E-state index contributed by atoms with van der Waals surface area (Å²) in [5, 5.41) is 0.886. The van der Waals surface area contributed by atoms with E-state index in [0.717, 1.165) is 28.0 Å². The van der Waals surface area contributed by atoms with Gasteiger partial charge in [-0.15, -0.1) is 11.3 Å². The summed E-state index contributed by atoms with van der Waals surface area (Å²) in [6.45, 7) is 4.14. The average Bonchev–Trinajstić information content (AvgIpc) is 3.02. The van der Waals surface area contributed by atoms with E-state index in [2.05, 4.69) is 28.9 Å². The molecule has 3 nitrogen and oxygen atoms in total. The molecule has 0 spiro atoms. The number of rotatable bonds is 1. The number of aryl methyl sites for hydroxylation is 1. The summed E-state index contributed by atoms with van der Waals surface area (Å²) in [4.78, 5) is 21.4. The van der Waals surface area contributed by atoms with Crippen LogP contribution in [0, 0.1) is 6.92 Å². The summed E-state index contributed by atoms with van der Waals surface area (Å²) in [5.74, 6) is -0.0899. The molecule has 1 aromatic heterocycles. The number of hydrogen-bond acceptors (Lipinski definition) is 4. The first-order chi connectivity index (χ1) is 8.72. The second kappa shape index (κ2) is 4.90. The van der Waals surface area contributed by atoms with Gasteiger partial charge in [-0.1, -0.05) is 0 Å². The zero-order valence-corrected chi connectivity index (χ0v) is 11.8. The molecule has 3 rings (SSSR count). The van der Waals surface area contributed by atoms with Gasteiger partial charge in [0.25, 0.3) is 5.91 Å². The SMILES string of the molecule is Cc1ccc(/C=C2\SC(N3CCCC3)=NC2=O)s1. The molecule has 5 heteroatoms. The van der Waals surface area contributed by atoms with Gasteiger partial charge in [0.05, 0.1) is 4.91 Å². The molecule has 0 aromatic carbocycles. The number of carbonyl (C=O) groups excluding carboxylic acids is 1. The van der Waals surface area contributed by atoms with Crippen LogP contribution in [-0.4, -0.2) is 29.1 Å². The highest BCUT2D eigenvalue weighted by atomic mass is 32.2. The maximum absolute atomic E-state index is 11.9. The van der Waals surface area contributed by atoms with Crippen LogP contribution in [0.2, 0.25) is 0 Å². The third kappa shape index (κ3) is 2.37. The molecule has 1 aromatic rings. The van der Waals surface area contributed by atoms with Crippen molar-refractivity contribution in [1.29, 1.82) is 0 Å². The zero-order chi connectivity index (χ0) is 12.5. The molecule has 0 aliphatic carbocycles. The first kappa shape index (κ1) is 12.0. The molecule has 1 amide bonds. The van der Waals surface area contributed by atoms with E-state index >= 15 is 0 Å². The molecular weight excluding hydrogens is 264 g/mol. The number of likely N-dealkylation sites (tertiary alicyclic amines) is 1. The molecule has 2 aliphatic heterocycles. The number of nitrogens with zero attached hydrogens (tertiary/aromatic N) is 2. The lowest BCUT2D eigenvalue weighted by Crippen LogP contribution is -2.23. The van der Waals surface area contributed by atoms with Gasteiger partial charge in [-0.2, -0.15) is 4.99 Å². The summed E-state index contributed by atoms with van der Waals surface area (Å²) < 4.78 is 0. The highest BCUT2D eigenvalue weighted by Crippen LogP contribution is 2.32. The van der Waals surface area contributed by atoms with Crippen LogP contribution < -0.4 is 0 Å². The molecule has 0 N–H and O–H groups in total. The van der Waals surface area contributed by atoms with Gasteiger partial charge in [-0.05, 0) is 49.7 Å². The molecule has 94 valence electrons. The maximum atomic E-state index is 11.9. The molecular formula is C13H14N2OS2. The lowest BCUT2D eigenvalue weighted by atomic mass is 10.4. The first-order valence-electron chi connectivity index (χ1n) is 6.06. The molecule has 18 heavy (non-hydrogen) atoms. The minimum absolute atomic E-state index is 0.0899. The van der Waals surface area contributed by atoms with Crippen LogP contribution in [0.4, 0.5) is 0 Å². The molecule has 1 saturated heterocycles. The number of aliphatic imine (C=N–C) groups is 1. The molecule has 0 radical (unpaired) electrons. The summed E-state index contributed by atoms with van der Waals surface area (Å²) in [6, 6.07) is 4.12. The number of amidine groups is 1. The van der Waals surface area contributed by atoms with Crippen LogP contribution in [0.1, 0.15) is 22.6 Å². The van der Waals surface area contributed by atoms with E-state index in [-0.39, 0.29) is 5.91 Å². The van der Waals surface area contributed by atoms with E-state index in [1.165, 1.54) is 29.5 Å². The van der Waals surface area contributed by atoms with Crippen molar-refractivity contribution >= 4 is 40.2 Å². The number of hydrogen-bond donors (Lipinski definition) is 0. The second-order valence-corrected chi connectivity index (χ2v) is 6.78. The number of thioether (sulfide) groups is 1. The van der Waals surface area contributed by atoms with E-state index in [1.807, 2.05) is 6.08 Å². The highest BCUT2D eigenvalue weighted by molar-refractivity contribution is 8.18. The predicted octanol–water partition coefficient (Wildman–Crippen LogP) is 3.12. The highest BCUT2D eigenvalue weighted by Gasteiger charge is 2.27. The zero-order valence-electron chi connectivity index (χ0n) is 10.2. The van der Waals surface area contributed by atoms with Gasteiger partial charge in [0, 0.05) is 22.8 Å². The standard InChI is InChI=1S/C13H14N2OS2/c1-9-4-5-10(17-9)8-11-12(16)14-13(18-11)15-6-2-3-7-15/h4-5,8H,2-3,6-7H2,1H3/b11-8-. The third-order valence-electron chi connectivity index (χ3n) is 3.02. The second-order valence-electron chi connectivity index (χ2n) is 4.45. The normalized spacial score (nSPS) is 22.1. The van der Waals surface area contributed by atoms with Crippen LogP contribution in [-0.2, 0) is 4.79 Å². The van der Waals surface area contributed by atoms with Gasteiger partial charge in [-0.3, -0.25) is 4.79 Å². The Labute approximate surface area is 115 Å². The largest absolute Gasteiger partial charge is 0.351 e. The predicted molar refractivity (Wildman–Crippen MR) is 77.9 cm³/mol. The smallest absolute Gasteiger partial charge is 0.286 e. The van der Waals surface area contributed by atoms with Gasteiger partial charge in [0.15, 0.2) is 5.17 Å². The average molecular weight is 278 g/mol. The number of amides is 1. The molecule has 2 aliphatic rings. The fraction of sp³-hybridized carbons (Fsp3) is 0.385. The van der Waals surface area contributed by atoms with E-state index < -0.39 is 0 Å². The molecule has 0 bridgehead atoms. The van der Waals surface area contributed by atoms with Crippen LogP contribution in [0.5, 0.6) is 0 Å². The number of carbonyl (C=O) groups is 1. The van der Waals surface area contributed by atoms with Crippen molar-refractivity contribution in [3.05, 3.63) is 26.8 Å². The van der Waals surface area contributed by atoms with Crippen LogP contribution in [0.3, 0.4) is 0 Å². The Morgan fingerprint density at radius 3 is 2.78 bits per heavy atom. The minimum Gasteiger partial charge on any atom is -0.351 e. The third-order valence-corrected chi connectivity index (χ3v) is 5.01. The molecule has 0 unspecified atom stereocenters. The first-order valence-corrected chi connectivity index (χ1v) is 7.69. The Kier molecular flexibility index (Phi) is 3.26. The Morgan fingerprint density at radius 2 is 2.11 bits per heavy atom. The molecule has 0 saturated carbocycles. The summed E-state index contributed by atoms with van der Waals surface area (Å²) >= 11 is 3.22. The minimum atomic E-state index is -0.0899. The molecule has 0 atom stereocenters. The van der Waals surface area contributed by atoms with Crippen molar-refractivity contribution in [2.75, 3.05) is 13.1 Å². The maximum Gasteiger partial charge on any atom is 0.286 e. The van der Waals surface area contributed by atoms with Gasteiger partial charge < -0.3 is 4.90 Å². The van der Waals surface area contributed by atoms with Crippen molar-refractivity contribution in [3.63, 3.8) is 0 Å². The van der Waals surface area contributed by atoms with Gasteiger partial charge in [-0.25, -0.2) is 0 Å². The van der Waals surface area contributed by atoms with E-state index in [1.54, 1.807) is 11.3 Å². The topological polar surface area (TPSA) is 32.7 Å². The summed E-state index contributed by atoms with van der Waals surface area (Å²) in [7, 11) is 0. The summed E-state index contributed by atoms with van der Waals surface area (Å²) in [6.07, 6.45) is 4.37. The van der Waals surface area contributed by atoms with Crippen LogP contribution >= 0.6 is 23.1 Å². The van der Waals surface area contributed by atoms with Crippen molar-refractivity contribution < 1.29 is 4.79 Å². The fourth-order valence-corrected chi connectivity index (χ4v) is 3.95. The van der Waals surface area contributed by atoms with E-state index in [4.69, 9.17) is 0 Å². The quantitative estimate of drug-likeness (QED) is 0.740. The van der Waals surface area contributed by atoms with E-state index in [0.29, 0.717) is 0 Å². The number of thiophene rings is 1. The van der Waals surface area contributed by atoms with Crippen molar-refractivity contribution in [2.45, 2.75) is 19.8 Å². The Hall–Kier alpha value is -1.07. The lowest BCUT2D eigenvalue weighted by Gasteiger charge is -2.14. The lowest BCUT2D eigenvalue weighted by molar-refractivity contribution is -0.113. The summed E-state index contributed by atoms with van der Waals surface area (Å²) in [5.41, 5.74) is 0. The molecule has 3 heterocycles. The van der Waals surface area contributed by atoms with Crippen LogP contribution in [0.15, 0.2) is 22.0 Å². The van der Waals surface area contributed by atoms with Crippen LogP contribution in [0.25, 0.3) is 6.08 Å². The fourth-order valence-electron chi connectivity index (χ4n) is 2.10. The Morgan fingerprint density at radius 1 is 1.33 bits per heavy atom. The van der Waals surface area contributed by atoms with Gasteiger partial charge in [0.1, 0.15) is 0 Å². The monoisotopic (exact) mass is 278 g/mol. The van der Waals surface area contributed by atoms with E-state index in [9.17, 15) is 4.79 Å². The van der Waals surface area contributed by atoms with Crippen molar-refractivity contribution in [2.24, 2.45) is 4.99 Å².